The smallest absolute Gasteiger partial charge is 0.196 e. The summed E-state index contributed by atoms with van der Waals surface area (Å²) in [7, 11) is 1.66. The number of ether oxygens (including phenoxy) is 1. The Labute approximate surface area is 173 Å². The Balaban J connectivity index is 1.81. The van der Waals surface area contributed by atoms with Gasteiger partial charge < -0.3 is 9.26 Å². The van der Waals surface area contributed by atoms with E-state index < -0.39 is 0 Å². The third kappa shape index (κ3) is 4.05. The average Bonchev–Trinajstić information content (AvgIpc) is 3.42. The van der Waals surface area contributed by atoms with Gasteiger partial charge in [0, 0.05) is 17.4 Å². The van der Waals surface area contributed by atoms with Gasteiger partial charge in [-0.05, 0) is 41.8 Å². The van der Waals surface area contributed by atoms with Gasteiger partial charge >= 0.3 is 0 Å². The van der Waals surface area contributed by atoms with Crippen molar-refractivity contribution in [1.29, 1.82) is 0 Å². The lowest BCUT2D eigenvalue weighted by Crippen LogP contribution is -2.05. The Hall–Kier alpha value is -3.06. The Kier molecular flexibility index (Phi) is 5.67. The third-order valence-corrected chi connectivity index (χ3v) is 5.58. The quantitative estimate of drug-likeness (QED) is 0.386. The Morgan fingerprint density at radius 2 is 1.83 bits per heavy atom. The number of benzene rings is 2. The fraction of sp³-hybridized carbons (Fsp3) is 0.227. The second kappa shape index (κ2) is 8.53. The van der Waals surface area contributed by atoms with Crippen molar-refractivity contribution >= 4 is 11.8 Å². The average molecular weight is 407 g/mol. The molecule has 2 aromatic carbocycles. The van der Waals surface area contributed by atoms with Crippen LogP contribution in [0.1, 0.15) is 31.0 Å². The number of nitrogens with zero attached hydrogens (tertiary/aromatic N) is 4. The van der Waals surface area contributed by atoms with Crippen LogP contribution in [0.4, 0.5) is 0 Å². The fourth-order valence-corrected chi connectivity index (χ4v) is 3.98. The van der Waals surface area contributed by atoms with Crippen molar-refractivity contribution in [2.75, 3.05) is 7.11 Å². The van der Waals surface area contributed by atoms with Crippen LogP contribution in [0.3, 0.4) is 0 Å². The molecule has 0 fully saturated rings. The fourth-order valence-electron chi connectivity index (χ4n) is 3.14. The zero-order chi connectivity index (χ0) is 20.2. The lowest BCUT2D eigenvalue weighted by atomic mass is 10.0. The van der Waals surface area contributed by atoms with E-state index in [2.05, 4.69) is 52.0 Å². The maximum atomic E-state index is 5.29. The van der Waals surface area contributed by atoms with E-state index in [1.807, 2.05) is 36.4 Å². The summed E-state index contributed by atoms with van der Waals surface area (Å²) in [6.07, 6.45) is 1.58. The van der Waals surface area contributed by atoms with E-state index >= 15 is 0 Å². The predicted octanol–water partition coefficient (Wildman–Crippen LogP) is 5.35. The predicted molar refractivity (Wildman–Crippen MR) is 114 cm³/mol. The summed E-state index contributed by atoms with van der Waals surface area (Å²) >= 11 is 1.59. The first kappa shape index (κ1) is 19.3. The second-order valence-corrected chi connectivity index (χ2v) is 7.81. The largest absolute Gasteiger partial charge is 0.497 e. The lowest BCUT2D eigenvalue weighted by molar-refractivity contribution is 0.414. The molecule has 7 heteroatoms. The minimum absolute atomic E-state index is 0.366. The number of thioether (sulfide) groups is 1. The highest BCUT2D eigenvalue weighted by Crippen LogP contribution is 2.33. The van der Waals surface area contributed by atoms with E-state index in [-0.39, 0.29) is 0 Å². The molecule has 0 spiro atoms. The summed E-state index contributed by atoms with van der Waals surface area (Å²) < 4.78 is 12.4. The Morgan fingerprint density at radius 1 is 1.03 bits per heavy atom. The summed E-state index contributed by atoms with van der Waals surface area (Å²) in [5.74, 6) is 2.62. The molecule has 0 saturated heterocycles. The summed E-state index contributed by atoms with van der Waals surface area (Å²) in [4.78, 5) is 0. The topological polar surface area (TPSA) is 66.0 Å². The van der Waals surface area contributed by atoms with Crippen molar-refractivity contribution in [3.8, 4) is 22.8 Å². The normalized spacial score (nSPS) is 11.2. The zero-order valence-electron chi connectivity index (χ0n) is 16.6. The standard InChI is InChI=1S/C22H22N4O2S/c1-15(2)19-6-4-5-7-20(19)26-21(16-8-10-18(27-3)11-9-16)23-24-22(26)29-14-17-12-13-28-25-17/h4-13,15H,14H2,1-3H3. The molecular formula is C22H22N4O2S. The first-order valence-corrected chi connectivity index (χ1v) is 10.4. The molecule has 2 aromatic heterocycles. The summed E-state index contributed by atoms with van der Waals surface area (Å²) in [6, 6.07) is 18.1. The molecule has 0 bridgehead atoms. The van der Waals surface area contributed by atoms with Crippen molar-refractivity contribution in [3.63, 3.8) is 0 Å². The highest BCUT2D eigenvalue weighted by molar-refractivity contribution is 7.98. The van der Waals surface area contributed by atoms with E-state index in [0.717, 1.165) is 33.7 Å². The first-order chi connectivity index (χ1) is 14.2. The maximum Gasteiger partial charge on any atom is 0.196 e. The summed E-state index contributed by atoms with van der Waals surface area (Å²) in [5, 5.41) is 13.8. The van der Waals surface area contributed by atoms with E-state index in [1.165, 1.54) is 5.56 Å². The van der Waals surface area contributed by atoms with Gasteiger partial charge in [-0.15, -0.1) is 10.2 Å². The highest BCUT2D eigenvalue weighted by Gasteiger charge is 2.19. The molecule has 0 aliphatic carbocycles. The van der Waals surface area contributed by atoms with E-state index in [0.29, 0.717) is 11.7 Å². The van der Waals surface area contributed by atoms with Gasteiger partial charge in [0.05, 0.1) is 18.5 Å². The molecule has 2 heterocycles. The van der Waals surface area contributed by atoms with Crippen LogP contribution in [-0.4, -0.2) is 27.0 Å². The van der Waals surface area contributed by atoms with Gasteiger partial charge in [0.15, 0.2) is 11.0 Å². The highest BCUT2D eigenvalue weighted by atomic mass is 32.2. The molecule has 0 amide bonds. The molecule has 0 aliphatic heterocycles. The molecule has 4 aromatic rings. The van der Waals surface area contributed by atoms with Crippen molar-refractivity contribution in [2.45, 2.75) is 30.7 Å². The van der Waals surface area contributed by atoms with Gasteiger partial charge in [0.25, 0.3) is 0 Å². The Morgan fingerprint density at radius 3 is 2.52 bits per heavy atom. The van der Waals surface area contributed by atoms with Crippen molar-refractivity contribution in [2.24, 2.45) is 0 Å². The molecule has 0 atom stereocenters. The van der Waals surface area contributed by atoms with Crippen LogP contribution in [0.2, 0.25) is 0 Å². The van der Waals surface area contributed by atoms with Gasteiger partial charge in [0.2, 0.25) is 0 Å². The minimum Gasteiger partial charge on any atom is -0.497 e. The molecule has 29 heavy (non-hydrogen) atoms. The van der Waals surface area contributed by atoms with Crippen LogP contribution in [0.15, 0.2) is 70.5 Å². The number of hydrogen-bond donors (Lipinski definition) is 0. The van der Waals surface area contributed by atoms with E-state index in [1.54, 1.807) is 25.1 Å². The molecular weight excluding hydrogens is 384 g/mol. The van der Waals surface area contributed by atoms with E-state index in [9.17, 15) is 0 Å². The molecule has 148 valence electrons. The second-order valence-electron chi connectivity index (χ2n) is 6.86. The van der Waals surface area contributed by atoms with Crippen LogP contribution < -0.4 is 4.74 Å². The molecule has 0 aliphatic rings. The monoisotopic (exact) mass is 406 g/mol. The SMILES string of the molecule is COc1ccc(-c2nnc(SCc3ccon3)n2-c2ccccc2C(C)C)cc1. The van der Waals surface area contributed by atoms with E-state index in [4.69, 9.17) is 9.26 Å². The van der Waals surface area contributed by atoms with Crippen LogP contribution in [0.25, 0.3) is 17.1 Å². The minimum atomic E-state index is 0.366. The molecule has 0 unspecified atom stereocenters. The third-order valence-electron chi connectivity index (χ3n) is 4.62. The van der Waals surface area contributed by atoms with Crippen LogP contribution >= 0.6 is 11.8 Å². The number of hydrogen-bond acceptors (Lipinski definition) is 6. The van der Waals surface area contributed by atoms with Crippen molar-refractivity contribution in [1.82, 2.24) is 19.9 Å². The van der Waals surface area contributed by atoms with Gasteiger partial charge in [-0.25, -0.2) is 0 Å². The molecule has 0 saturated carbocycles. The van der Waals surface area contributed by atoms with Crippen molar-refractivity contribution < 1.29 is 9.26 Å². The van der Waals surface area contributed by atoms with Gasteiger partial charge in [-0.2, -0.15) is 0 Å². The number of rotatable bonds is 7. The molecule has 0 N–H and O–H groups in total. The summed E-state index contributed by atoms with van der Waals surface area (Å²) in [5.41, 5.74) is 4.17. The van der Waals surface area contributed by atoms with Crippen LogP contribution in [0, 0.1) is 0 Å². The number of para-hydroxylation sites is 1. The lowest BCUT2D eigenvalue weighted by Gasteiger charge is -2.17. The first-order valence-electron chi connectivity index (χ1n) is 9.38. The van der Waals surface area contributed by atoms with Crippen LogP contribution in [-0.2, 0) is 5.75 Å². The molecule has 4 rings (SSSR count). The maximum absolute atomic E-state index is 5.29. The molecule has 0 radical (unpaired) electrons. The molecule has 6 nitrogen and oxygen atoms in total. The Bertz CT molecular complexity index is 1070. The number of aromatic nitrogens is 4. The summed E-state index contributed by atoms with van der Waals surface area (Å²) in [6.45, 7) is 4.39. The number of methoxy groups -OCH3 is 1. The van der Waals surface area contributed by atoms with Crippen LogP contribution in [0.5, 0.6) is 5.75 Å². The zero-order valence-corrected chi connectivity index (χ0v) is 17.4. The van der Waals surface area contributed by atoms with Gasteiger partial charge in [0.1, 0.15) is 12.0 Å². The van der Waals surface area contributed by atoms with Gasteiger partial charge in [-0.1, -0.05) is 49.0 Å². The van der Waals surface area contributed by atoms with Gasteiger partial charge in [-0.3, -0.25) is 4.57 Å². The van der Waals surface area contributed by atoms with Crippen molar-refractivity contribution in [3.05, 3.63) is 72.1 Å².